The third-order valence-electron chi connectivity index (χ3n) is 10.4. The fraction of sp³-hybridized carbons (Fsp3) is 0.0667. The van der Waals surface area contributed by atoms with Gasteiger partial charge >= 0.3 is 0 Å². The molecule has 4 heteroatoms. The fourth-order valence-corrected chi connectivity index (χ4v) is 9.54. The lowest BCUT2D eigenvalue weighted by molar-refractivity contribution is 0.722. The van der Waals surface area contributed by atoms with E-state index in [2.05, 4.69) is 156 Å². The Kier molecular flexibility index (Phi) is 6.22. The zero-order valence-corrected chi connectivity index (χ0v) is 27.4. The minimum atomic E-state index is -0.486. The van der Waals surface area contributed by atoms with Crippen molar-refractivity contribution in [3.63, 3.8) is 0 Å². The van der Waals surface area contributed by atoms with Crippen molar-refractivity contribution in [1.29, 1.82) is 5.26 Å². The van der Waals surface area contributed by atoms with Crippen LogP contribution in [0.1, 0.15) is 45.6 Å². The van der Waals surface area contributed by atoms with Crippen molar-refractivity contribution in [3.05, 3.63) is 185 Å². The molecule has 1 aliphatic heterocycles. The van der Waals surface area contributed by atoms with E-state index in [1.807, 2.05) is 17.8 Å². The third-order valence-corrected chi connectivity index (χ3v) is 11.5. The van der Waals surface area contributed by atoms with E-state index >= 15 is 0 Å². The van der Waals surface area contributed by atoms with Gasteiger partial charge in [0.25, 0.3) is 0 Å². The number of rotatable bonds is 3. The van der Waals surface area contributed by atoms with Crippen LogP contribution in [0, 0.1) is 11.3 Å². The lowest BCUT2D eigenvalue weighted by atomic mass is 9.67. The molecular weight excluding hydrogens is 615 g/mol. The third kappa shape index (κ3) is 4.00. The van der Waals surface area contributed by atoms with Gasteiger partial charge in [-0.05, 0) is 99.8 Å². The van der Waals surface area contributed by atoms with Gasteiger partial charge in [0.2, 0.25) is 0 Å². The van der Waals surface area contributed by atoms with E-state index < -0.39 is 5.41 Å². The number of imidazole rings is 1. The number of hydrogen-bond donors (Lipinski definition) is 0. The number of hydrogen-bond acceptors (Lipinski definition) is 3. The Bertz CT molecular complexity index is 2490. The summed E-state index contributed by atoms with van der Waals surface area (Å²) in [5.41, 5.74) is 14.4. The second-order valence-corrected chi connectivity index (χ2v) is 14.0. The minimum absolute atomic E-state index is 0.486. The number of fused-ring (bicyclic) bond motifs is 10. The standard InChI is InChI=1S/C45H29N3S/c46-28-29-21-26-35-34(27-29)43-33(13-10-16-38(43)45(35)36-14-4-8-19-41(36)49-42-20-9-5-15-37(42)45)30-22-24-32(25-23-30)48-40-18-7-6-17-39(40)47-44(48)31-11-2-1-3-12-31/h1-5,7-16,18-27H,6,17H2. The molecule has 2 aliphatic carbocycles. The summed E-state index contributed by atoms with van der Waals surface area (Å²) in [7, 11) is 0. The predicted octanol–water partition coefficient (Wildman–Crippen LogP) is 10.9. The smallest absolute Gasteiger partial charge is 0.145 e. The van der Waals surface area contributed by atoms with Crippen LogP contribution in [0.3, 0.4) is 0 Å². The van der Waals surface area contributed by atoms with Crippen LogP contribution in [0.25, 0.3) is 45.4 Å². The highest BCUT2D eigenvalue weighted by atomic mass is 32.2. The van der Waals surface area contributed by atoms with E-state index in [9.17, 15) is 5.26 Å². The fourth-order valence-electron chi connectivity index (χ4n) is 8.34. The molecule has 49 heavy (non-hydrogen) atoms. The Morgan fingerprint density at radius 3 is 2.12 bits per heavy atom. The van der Waals surface area contributed by atoms with Crippen molar-refractivity contribution in [2.45, 2.75) is 28.0 Å². The molecule has 0 bridgehead atoms. The Hall–Kier alpha value is -5.89. The van der Waals surface area contributed by atoms with Gasteiger partial charge in [-0.3, -0.25) is 4.57 Å². The first kappa shape index (κ1) is 28.2. The maximum atomic E-state index is 10.1. The van der Waals surface area contributed by atoms with Gasteiger partial charge in [0, 0.05) is 21.0 Å². The normalized spacial score (nSPS) is 14.3. The summed E-state index contributed by atoms with van der Waals surface area (Å²) >= 11 is 1.85. The Balaban J connectivity index is 1.20. The zero-order valence-electron chi connectivity index (χ0n) is 26.6. The Morgan fingerprint density at radius 2 is 1.37 bits per heavy atom. The van der Waals surface area contributed by atoms with Gasteiger partial charge in [0.1, 0.15) is 5.82 Å². The van der Waals surface area contributed by atoms with E-state index in [0.29, 0.717) is 5.56 Å². The molecule has 1 aromatic heterocycles. The zero-order chi connectivity index (χ0) is 32.5. The van der Waals surface area contributed by atoms with Crippen LogP contribution in [-0.2, 0) is 11.8 Å². The second-order valence-electron chi connectivity index (χ2n) is 12.9. The first-order valence-electron chi connectivity index (χ1n) is 16.8. The highest BCUT2D eigenvalue weighted by Gasteiger charge is 2.50. The van der Waals surface area contributed by atoms with E-state index in [0.717, 1.165) is 52.4 Å². The van der Waals surface area contributed by atoms with Crippen molar-refractivity contribution in [3.8, 4) is 45.4 Å². The van der Waals surface area contributed by atoms with Crippen LogP contribution in [-0.4, -0.2) is 9.55 Å². The molecule has 0 unspecified atom stereocenters. The molecule has 1 spiro atoms. The molecule has 0 fully saturated rings. The summed E-state index contributed by atoms with van der Waals surface area (Å²) in [6.07, 6.45) is 6.43. The highest BCUT2D eigenvalue weighted by molar-refractivity contribution is 7.99. The molecule has 0 atom stereocenters. The van der Waals surface area contributed by atoms with Gasteiger partial charge in [0.15, 0.2) is 0 Å². The maximum Gasteiger partial charge on any atom is 0.145 e. The molecule has 0 radical (unpaired) electrons. The van der Waals surface area contributed by atoms with Crippen LogP contribution in [0.2, 0.25) is 0 Å². The molecule has 2 heterocycles. The van der Waals surface area contributed by atoms with Crippen LogP contribution in [0.15, 0.2) is 155 Å². The average molecular weight is 644 g/mol. The van der Waals surface area contributed by atoms with E-state index in [1.54, 1.807) is 0 Å². The van der Waals surface area contributed by atoms with E-state index in [1.165, 1.54) is 43.2 Å². The first-order chi connectivity index (χ1) is 24.3. The quantitative estimate of drug-likeness (QED) is 0.192. The summed E-state index contributed by atoms with van der Waals surface area (Å²) in [5.74, 6) is 0.970. The number of allylic oxidation sites excluding steroid dienone is 1. The van der Waals surface area contributed by atoms with Crippen LogP contribution in [0.4, 0.5) is 0 Å². The summed E-state index contributed by atoms with van der Waals surface area (Å²) < 4.78 is 2.30. The minimum Gasteiger partial charge on any atom is -0.293 e. The number of benzene rings is 6. The average Bonchev–Trinajstić information content (AvgIpc) is 3.70. The van der Waals surface area contributed by atoms with Crippen molar-refractivity contribution < 1.29 is 0 Å². The summed E-state index contributed by atoms with van der Waals surface area (Å²) in [5, 5.41) is 10.1. The molecule has 6 aromatic carbocycles. The molecule has 7 aromatic rings. The van der Waals surface area contributed by atoms with Crippen molar-refractivity contribution in [2.75, 3.05) is 0 Å². The Morgan fingerprint density at radius 1 is 0.653 bits per heavy atom. The lowest BCUT2D eigenvalue weighted by Gasteiger charge is -2.39. The predicted molar refractivity (Wildman–Crippen MR) is 198 cm³/mol. The first-order valence-corrected chi connectivity index (χ1v) is 17.6. The number of nitrogens with zero attached hydrogens (tertiary/aromatic N) is 3. The van der Waals surface area contributed by atoms with Crippen molar-refractivity contribution in [2.24, 2.45) is 0 Å². The van der Waals surface area contributed by atoms with Crippen LogP contribution in [0.5, 0.6) is 0 Å². The lowest BCUT2D eigenvalue weighted by Crippen LogP contribution is -2.31. The van der Waals surface area contributed by atoms with Crippen LogP contribution < -0.4 is 0 Å². The number of nitriles is 1. The molecule has 0 N–H and O–H groups in total. The Labute approximate surface area is 289 Å². The molecular formula is C45H29N3S. The SMILES string of the molecule is N#Cc1ccc2c(c1)-c1c(-c3ccc(-n4c(-c5ccccc5)nc5c4C=CCC5)cc3)cccc1C21c2ccccc2Sc2ccccc21. The highest BCUT2D eigenvalue weighted by Crippen LogP contribution is 2.63. The molecule has 0 saturated heterocycles. The molecule has 3 nitrogen and oxygen atoms in total. The maximum absolute atomic E-state index is 10.1. The monoisotopic (exact) mass is 643 g/mol. The molecule has 10 rings (SSSR count). The van der Waals surface area contributed by atoms with Gasteiger partial charge in [-0.25, -0.2) is 4.98 Å². The van der Waals surface area contributed by atoms with Crippen LogP contribution >= 0.6 is 11.8 Å². The van der Waals surface area contributed by atoms with Gasteiger partial charge in [-0.15, -0.1) is 0 Å². The largest absolute Gasteiger partial charge is 0.293 e. The van der Waals surface area contributed by atoms with E-state index in [-0.39, 0.29) is 0 Å². The van der Waals surface area contributed by atoms with E-state index in [4.69, 9.17) is 4.98 Å². The molecule has 0 amide bonds. The summed E-state index contributed by atoms with van der Waals surface area (Å²) in [4.78, 5) is 7.67. The summed E-state index contributed by atoms with van der Waals surface area (Å²) in [6.45, 7) is 0. The van der Waals surface area contributed by atoms with Gasteiger partial charge in [-0.1, -0.05) is 121 Å². The molecule has 3 aliphatic rings. The topological polar surface area (TPSA) is 41.6 Å². The second kappa shape index (κ2) is 10.8. The van der Waals surface area contributed by atoms with Gasteiger partial charge in [0.05, 0.1) is 28.4 Å². The van der Waals surface area contributed by atoms with Gasteiger partial charge < -0.3 is 0 Å². The number of aryl methyl sites for hydroxylation is 1. The number of aromatic nitrogens is 2. The van der Waals surface area contributed by atoms with Crippen molar-refractivity contribution >= 4 is 17.8 Å². The molecule has 230 valence electrons. The van der Waals surface area contributed by atoms with Gasteiger partial charge in [-0.2, -0.15) is 5.26 Å². The summed E-state index contributed by atoms with van der Waals surface area (Å²) in [6, 6.07) is 52.6. The molecule has 0 saturated carbocycles. The van der Waals surface area contributed by atoms with Crippen molar-refractivity contribution in [1.82, 2.24) is 9.55 Å².